The summed E-state index contributed by atoms with van der Waals surface area (Å²) in [6.45, 7) is 9.83. The highest BCUT2D eigenvalue weighted by atomic mass is 33.1. The lowest BCUT2D eigenvalue weighted by atomic mass is 10.1. The van der Waals surface area contributed by atoms with E-state index in [2.05, 4.69) is 5.32 Å². The standard InChI is InChI=1S/C16H19NO2S2.C2H6/c1-11-5-7-14(8-6-11)21(18,19)20-16-10-12(2)15(17-4)9-13(16)3;1-2/h5-10,17H,1-4H3;1-2H3. The first-order valence-electron chi connectivity index (χ1n) is 7.63. The molecule has 2 aromatic carbocycles. The molecule has 0 fully saturated rings. The molecule has 0 amide bonds. The summed E-state index contributed by atoms with van der Waals surface area (Å²) in [5, 5.41) is 3.11. The smallest absolute Gasteiger partial charge is 0.234 e. The summed E-state index contributed by atoms with van der Waals surface area (Å²) in [4.78, 5) is 1.11. The van der Waals surface area contributed by atoms with Gasteiger partial charge in [-0.3, -0.25) is 0 Å². The van der Waals surface area contributed by atoms with Crippen LogP contribution >= 0.6 is 10.8 Å². The molecule has 0 saturated heterocycles. The number of hydrogen-bond acceptors (Lipinski definition) is 4. The Morgan fingerprint density at radius 3 is 2.00 bits per heavy atom. The zero-order valence-corrected chi connectivity index (χ0v) is 16.2. The molecule has 1 N–H and O–H groups in total. The Bertz CT molecular complexity index is 751. The fraction of sp³-hybridized carbons (Fsp3) is 0.333. The molecule has 126 valence electrons. The van der Waals surface area contributed by atoms with Gasteiger partial charge in [0.05, 0.1) is 4.90 Å². The number of benzene rings is 2. The van der Waals surface area contributed by atoms with Crippen molar-refractivity contribution in [2.75, 3.05) is 12.4 Å². The van der Waals surface area contributed by atoms with Gasteiger partial charge in [-0.25, -0.2) is 8.42 Å². The van der Waals surface area contributed by atoms with Crippen LogP contribution in [0, 0.1) is 20.8 Å². The predicted molar refractivity (Wildman–Crippen MR) is 101 cm³/mol. The molecule has 0 atom stereocenters. The molecule has 0 radical (unpaired) electrons. The molecule has 0 bridgehead atoms. The first-order valence-corrected chi connectivity index (χ1v) is 10.5. The Morgan fingerprint density at radius 2 is 1.48 bits per heavy atom. The second-order valence-electron chi connectivity index (χ2n) is 5.03. The number of hydrogen-bond donors (Lipinski definition) is 1. The molecule has 23 heavy (non-hydrogen) atoms. The molecule has 2 rings (SSSR count). The highest BCUT2D eigenvalue weighted by Crippen LogP contribution is 2.35. The van der Waals surface area contributed by atoms with E-state index in [4.69, 9.17) is 0 Å². The summed E-state index contributed by atoms with van der Waals surface area (Å²) in [5.41, 5.74) is 4.05. The Morgan fingerprint density at radius 1 is 0.913 bits per heavy atom. The van der Waals surface area contributed by atoms with Gasteiger partial charge >= 0.3 is 0 Å². The van der Waals surface area contributed by atoms with Crippen LogP contribution in [0.15, 0.2) is 46.2 Å². The van der Waals surface area contributed by atoms with Crippen LogP contribution in [0.3, 0.4) is 0 Å². The molecular weight excluding hydrogens is 326 g/mol. The van der Waals surface area contributed by atoms with Crippen molar-refractivity contribution in [3.05, 3.63) is 53.1 Å². The number of rotatable bonds is 4. The van der Waals surface area contributed by atoms with E-state index < -0.39 is 8.87 Å². The maximum atomic E-state index is 12.5. The summed E-state index contributed by atoms with van der Waals surface area (Å²) in [6, 6.07) is 10.8. The molecular formula is C18H25NO2S2. The molecule has 0 aliphatic carbocycles. The monoisotopic (exact) mass is 351 g/mol. The normalized spacial score (nSPS) is 10.7. The Labute approximate surface area is 143 Å². The van der Waals surface area contributed by atoms with Crippen molar-refractivity contribution in [3.63, 3.8) is 0 Å². The lowest BCUT2D eigenvalue weighted by Crippen LogP contribution is -1.98. The zero-order chi connectivity index (χ0) is 17.6. The van der Waals surface area contributed by atoms with Gasteiger partial charge in [-0.2, -0.15) is 0 Å². The summed E-state index contributed by atoms with van der Waals surface area (Å²) < 4.78 is 25.0. The number of aryl methyl sites for hydroxylation is 3. The molecule has 0 aliphatic rings. The molecule has 0 aromatic heterocycles. The van der Waals surface area contributed by atoms with E-state index in [0.29, 0.717) is 4.90 Å². The summed E-state index contributed by atoms with van der Waals surface area (Å²) >= 11 is 0. The van der Waals surface area contributed by atoms with Crippen LogP contribution in [0.5, 0.6) is 0 Å². The maximum absolute atomic E-state index is 12.5. The predicted octanol–water partition coefficient (Wildman–Crippen LogP) is 5.16. The van der Waals surface area contributed by atoms with Gasteiger partial charge in [0, 0.05) is 28.4 Å². The van der Waals surface area contributed by atoms with E-state index in [1.807, 2.05) is 65.9 Å². The first-order chi connectivity index (χ1) is 10.8. The summed E-state index contributed by atoms with van der Waals surface area (Å²) in [6.07, 6.45) is 0. The topological polar surface area (TPSA) is 46.2 Å². The fourth-order valence-corrected chi connectivity index (χ4v) is 5.11. The fourth-order valence-electron chi connectivity index (χ4n) is 2.02. The largest absolute Gasteiger partial charge is 0.388 e. The molecule has 0 heterocycles. The highest BCUT2D eigenvalue weighted by molar-refractivity contribution is 8.72. The van der Waals surface area contributed by atoms with E-state index in [-0.39, 0.29) is 0 Å². The van der Waals surface area contributed by atoms with Crippen molar-refractivity contribution in [1.29, 1.82) is 0 Å². The van der Waals surface area contributed by atoms with Gasteiger partial charge in [0.25, 0.3) is 0 Å². The second kappa shape index (κ2) is 8.41. The van der Waals surface area contributed by atoms with Crippen LogP contribution in [0.1, 0.15) is 30.5 Å². The lowest BCUT2D eigenvalue weighted by Gasteiger charge is -2.11. The molecule has 0 unspecified atom stereocenters. The summed E-state index contributed by atoms with van der Waals surface area (Å²) in [7, 11) is -0.625. The van der Waals surface area contributed by atoms with Crippen LogP contribution in [0.2, 0.25) is 0 Å². The molecule has 0 saturated carbocycles. The van der Waals surface area contributed by atoms with Crippen LogP contribution in [-0.2, 0) is 8.87 Å². The SMILES string of the molecule is CC.CNc1cc(C)c(SS(=O)(=O)c2ccc(C)cc2)cc1C. The quantitative estimate of drug-likeness (QED) is 0.773. The average molecular weight is 352 g/mol. The average Bonchev–Trinajstić information content (AvgIpc) is 2.52. The third kappa shape index (κ3) is 5.01. The van der Waals surface area contributed by atoms with Gasteiger partial charge in [-0.05, 0) is 56.2 Å². The molecule has 2 aromatic rings. The van der Waals surface area contributed by atoms with Gasteiger partial charge < -0.3 is 5.32 Å². The van der Waals surface area contributed by atoms with Gasteiger partial charge in [0.15, 0.2) is 0 Å². The maximum Gasteiger partial charge on any atom is 0.234 e. The van der Waals surface area contributed by atoms with E-state index >= 15 is 0 Å². The second-order valence-corrected chi connectivity index (χ2v) is 8.84. The molecule has 0 aliphatic heterocycles. The first kappa shape index (κ1) is 19.6. The number of anilines is 1. The van der Waals surface area contributed by atoms with E-state index in [1.165, 1.54) is 0 Å². The van der Waals surface area contributed by atoms with Crippen molar-refractivity contribution < 1.29 is 8.42 Å². The third-order valence-corrected chi connectivity index (χ3v) is 6.76. The van der Waals surface area contributed by atoms with Crippen molar-refractivity contribution in [3.8, 4) is 0 Å². The van der Waals surface area contributed by atoms with Crippen molar-refractivity contribution in [1.82, 2.24) is 0 Å². The van der Waals surface area contributed by atoms with Crippen LogP contribution in [-0.4, -0.2) is 15.5 Å². The van der Waals surface area contributed by atoms with Crippen molar-refractivity contribution in [2.24, 2.45) is 0 Å². The Kier molecular flexibility index (Phi) is 7.16. The Balaban J connectivity index is 0.00000127. The van der Waals surface area contributed by atoms with Gasteiger partial charge in [0.2, 0.25) is 8.87 Å². The number of nitrogens with one attached hydrogen (secondary N) is 1. The van der Waals surface area contributed by atoms with Crippen molar-refractivity contribution >= 4 is 25.4 Å². The lowest BCUT2D eigenvalue weighted by molar-refractivity contribution is 0.610. The van der Waals surface area contributed by atoms with Gasteiger partial charge in [-0.15, -0.1) is 0 Å². The highest BCUT2D eigenvalue weighted by Gasteiger charge is 2.18. The van der Waals surface area contributed by atoms with Crippen LogP contribution in [0.4, 0.5) is 5.69 Å². The minimum absolute atomic E-state index is 0.341. The summed E-state index contributed by atoms with van der Waals surface area (Å²) in [5.74, 6) is 0. The van der Waals surface area contributed by atoms with Crippen LogP contribution < -0.4 is 5.32 Å². The molecule has 0 spiro atoms. The van der Waals surface area contributed by atoms with Crippen molar-refractivity contribution in [2.45, 2.75) is 44.4 Å². The molecule has 5 heteroatoms. The zero-order valence-electron chi connectivity index (χ0n) is 14.6. The van der Waals surface area contributed by atoms with Gasteiger partial charge in [-0.1, -0.05) is 31.5 Å². The third-order valence-electron chi connectivity index (χ3n) is 3.30. The van der Waals surface area contributed by atoms with E-state index in [1.54, 1.807) is 12.1 Å². The Hall–Kier alpha value is -1.46. The minimum Gasteiger partial charge on any atom is -0.388 e. The van der Waals surface area contributed by atoms with Gasteiger partial charge in [0.1, 0.15) is 0 Å². The van der Waals surface area contributed by atoms with E-state index in [0.717, 1.165) is 38.1 Å². The molecule has 3 nitrogen and oxygen atoms in total. The van der Waals surface area contributed by atoms with Crippen LogP contribution in [0.25, 0.3) is 0 Å². The minimum atomic E-state index is -3.39. The van der Waals surface area contributed by atoms with E-state index in [9.17, 15) is 8.42 Å².